The second-order valence-corrected chi connectivity index (χ2v) is 6.81. The second-order valence-electron chi connectivity index (χ2n) is 6.81. The van der Waals surface area contributed by atoms with Crippen LogP contribution in [-0.4, -0.2) is 53.9 Å². The van der Waals surface area contributed by atoms with Crippen LogP contribution in [0.3, 0.4) is 0 Å². The van der Waals surface area contributed by atoms with Gasteiger partial charge in [0.15, 0.2) is 0 Å². The largest absolute Gasteiger partial charge is 0.395 e. The van der Waals surface area contributed by atoms with Crippen LogP contribution in [0.2, 0.25) is 0 Å². The van der Waals surface area contributed by atoms with E-state index in [9.17, 15) is 14.7 Å². The average molecular weight is 399 g/mol. The predicted octanol–water partition coefficient (Wildman–Crippen LogP) is 0.388. The minimum Gasteiger partial charge on any atom is -0.395 e. The maximum Gasteiger partial charge on any atom is 0.248 e. The topological polar surface area (TPSA) is 125 Å². The Kier molecular flexibility index (Phi) is 9.30. The lowest BCUT2D eigenvalue weighted by Crippen LogP contribution is -2.52. The molecule has 7 heteroatoms. The van der Waals surface area contributed by atoms with Crippen LogP contribution in [0.1, 0.15) is 27.9 Å². The summed E-state index contributed by atoms with van der Waals surface area (Å²) in [6.07, 6.45) is 0.584. The van der Waals surface area contributed by atoms with E-state index in [1.165, 1.54) is 0 Å². The zero-order valence-corrected chi connectivity index (χ0v) is 16.4. The molecule has 0 saturated heterocycles. The molecule has 0 saturated carbocycles. The number of aliphatic hydroxyl groups is 2. The first-order chi connectivity index (χ1) is 14.0. The molecule has 2 atom stereocenters. The molecule has 0 heterocycles. The van der Waals surface area contributed by atoms with Crippen molar-refractivity contribution in [3.05, 3.63) is 71.3 Å². The third-order valence-electron chi connectivity index (χ3n) is 4.69. The van der Waals surface area contributed by atoms with E-state index in [2.05, 4.69) is 10.6 Å². The van der Waals surface area contributed by atoms with Crippen LogP contribution in [-0.2, 0) is 17.6 Å². The lowest BCUT2D eigenvalue weighted by atomic mass is 10.0. The Hall–Kier alpha value is -2.74. The molecule has 0 bridgehead atoms. The van der Waals surface area contributed by atoms with Crippen LogP contribution in [0.4, 0.5) is 0 Å². The number of carbonyl (C=O) groups is 2. The van der Waals surface area contributed by atoms with Gasteiger partial charge >= 0.3 is 0 Å². The monoisotopic (exact) mass is 399 g/mol. The lowest BCUT2D eigenvalue weighted by Gasteiger charge is -2.23. The number of benzene rings is 2. The van der Waals surface area contributed by atoms with Crippen molar-refractivity contribution in [2.75, 3.05) is 19.7 Å². The normalized spacial score (nSPS) is 12.9. The molecule has 2 amide bonds. The molecule has 2 aromatic rings. The number of aryl methyl sites for hydroxylation is 1. The first-order valence-electron chi connectivity index (χ1n) is 9.74. The highest BCUT2D eigenvalue weighted by molar-refractivity contribution is 5.94. The molecule has 156 valence electrons. The molecule has 2 rings (SSSR count). The minimum absolute atomic E-state index is 0.138. The molecule has 0 aliphatic rings. The van der Waals surface area contributed by atoms with Gasteiger partial charge in [0.2, 0.25) is 11.8 Å². The number of nitrogens with one attached hydrogen (secondary N) is 2. The molecule has 0 aliphatic heterocycles. The summed E-state index contributed by atoms with van der Waals surface area (Å²) in [6.45, 7) is 0.359. The summed E-state index contributed by atoms with van der Waals surface area (Å²) >= 11 is 0. The number of hydrogen-bond donors (Lipinski definition) is 5. The molecule has 2 unspecified atom stereocenters. The first-order valence-corrected chi connectivity index (χ1v) is 9.74. The van der Waals surface area contributed by atoms with Crippen molar-refractivity contribution >= 4 is 11.8 Å². The van der Waals surface area contributed by atoms with Crippen LogP contribution in [0, 0.1) is 0 Å². The zero-order chi connectivity index (χ0) is 21.1. The Morgan fingerprint density at radius 1 is 0.966 bits per heavy atom. The second kappa shape index (κ2) is 12.0. The molecular weight excluding hydrogens is 370 g/mol. The maximum absolute atomic E-state index is 12.6. The predicted molar refractivity (Wildman–Crippen MR) is 111 cm³/mol. The van der Waals surface area contributed by atoms with Crippen LogP contribution in [0.5, 0.6) is 0 Å². The molecule has 6 N–H and O–H groups in total. The Bertz CT molecular complexity index is 783. The summed E-state index contributed by atoms with van der Waals surface area (Å²) in [6, 6.07) is 15.9. The molecule has 0 aliphatic carbocycles. The molecule has 0 spiro atoms. The number of aliphatic hydroxyl groups excluding tert-OH is 2. The van der Waals surface area contributed by atoms with Gasteiger partial charge in [0.25, 0.3) is 0 Å². The third kappa shape index (κ3) is 7.30. The van der Waals surface area contributed by atoms with E-state index >= 15 is 0 Å². The van der Waals surface area contributed by atoms with E-state index in [-0.39, 0.29) is 19.1 Å². The first kappa shape index (κ1) is 22.5. The van der Waals surface area contributed by atoms with Gasteiger partial charge in [0.1, 0.15) is 6.04 Å². The van der Waals surface area contributed by atoms with Gasteiger partial charge in [-0.15, -0.1) is 0 Å². The van der Waals surface area contributed by atoms with Gasteiger partial charge in [-0.1, -0.05) is 48.5 Å². The smallest absolute Gasteiger partial charge is 0.248 e. The van der Waals surface area contributed by atoms with Crippen molar-refractivity contribution in [3.8, 4) is 0 Å². The number of primary amides is 1. The van der Waals surface area contributed by atoms with Crippen LogP contribution >= 0.6 is 0 Å². The fourth-order valence-corrected chi connectivity index (χ4v) is 3.16. The molecular formula is C22H29N3O4. The van der Waals surface area contributed by atoms with Gasteiger partial charge in [0.05, 0.1) is 12.7 Å². The van der Waals surface area contributed by atoms with Crippen molar-refractivity contribution in [2.45, 2.75) is 31.4 Å². The van der Waals surface area contributed by atoms with Gasteiger partial charge in [0, 0.05) is 18.7 Å². The number of carbonyl (C=O) groups excluding carboxylic acids is 2. The van der Waals surface area contributed by atoms with E-state index in [0.717, 1.165) is 11.1 Å². The van der Waals surface area contributed by atoms with Crippen LogP contribution in [0.25, 0.3) is 0 Å². The summed E-state index contributed by atoms with van der Waals surface area (Å²) in [4.78, 5) is 24.1. The van der Waals surface area contributed by atoms with Gasteiger partial charge in [-0.05, 0) is 36.5 Å². The average Bonchev–Trinajstić information content (AvgIpc) is 2.73. The summed E-state index contributed by atoms with van der Waals surface area (Å²) in [5, 5.41) is 25.3. The van der Waals surface area contributed by atoms with E-state index in [4.69, 9.17) is 10.8 Å². The molecule has 2 aromatic carbocycles. The summed E-state index contributed by atoms with van der Waals surface area (Å²) < 4.78 is 0. The highest BCUT2D eigenvalue weighted by Crippen LogP contribution is 2.10. The fourth-order valence-electron chi connectivity index (χ4n) is 3.16. The Labute approximate surface area is 170 Å². The van der Waals surface area contributed by atoms with Crippen molar-refractivity contribution in [2.24, 2.45) is 5.73 Å². The van der Waals surface area contributed by atoms with E-state index in [1.54, 1.807) is 18.2 Å². The molecule has 29 heavy (non-hydrogen) atoms. The van der Waals surface area contributed by atoms with Crippen LogP contribution < -0.4 is 16.4 Å². The molecule has 0 radical (unpaired) electrons. The van der Waals surface area contributed by atoms with Crippen LogP contribution in [0.15, 0.2) is 54.6 Å². The standard InChI is InChI=1S/C22H29N3O4/c23-21(28)18-9-5-4-8-17(18)12-13-25-22(29)20(24-14-15-26)19(27)11-10-16-6-2-1-3-7-16/h1-9,19-20,24,26-27H,10-15H2,(H2,23,28)(H,25,29). The van der Waals surface area contributed by atoms with Gasteiger partial charge in [-0.3, -0.25) is 9.59 Å². The number of hydrogen-bond acceptors (Lipinski definition) is 5. The van der Waals surface area contributed by atoms with E-state index < -0.39 is 18.1 Å². The maximum atomic E-state index is 12.6. The summed E-state index contributed by atoms with van der Waals surface area (Å²) in [5.74, 6) is -0.860. The zero-order valence-electron chi connectivity index (χ0n) is 16.4. The Balaban J connectivity index is 1.91. The Morgan fingerprint density at radius 3 is 2.34 bits per heavy atom. The highest BCUT2D eigenvalue weighted by Gasteiger charge is 2.25. The van der Waals surface area contributed by atoms with Gasteiger partial charge < -0.3 is 26.6 Å². The van der Waals surface area contributed by atoms with E-state index in [1.807, 2.05) is 36.4 Å². The Morgan fingerprint density at radius 2 is 1.66 bits per heavy atom. The van der Waals surface area contributed by atoms with Crippen molar-refractivity contribution < 1.29 is 19.8 Å². The fraction of sp³-hybridized carbons (Fsp3) is 0.364. The number of nitrogens with two attached hydrogens (primary N) is 1. The van der Waals surface area contributed by atoms with Crippen molar-refractivity contribution in [1.29, 1.82) is 0 Å². The lowest BCUT2D eigenvalue weighted by molar-refractivity contribution is -0.126. The molecule has 0 aromatic heterocycles. The SMILES string of the molecule is NC(=O)c1ccccc1CCNC(=O)C(NCCO)C(O)CCc1ccccc1. The number of amides is 2. The number of rotatable bonds is 12. The van der Waals surface area contributed by atoms with E-state index in [0.29, 0.717) is 31.4 Å². The van der Waals surface area contributed by atoms with Gasteiger partial charge in [-0.2, -0.15) is 0 Å². The molecule has 0 fully saturated rings. The quantitative estimate of drug-likeness (QED) is 0.353. The highest BCUT2D eigenvalue weighted by atomic mass is 16.3. The minimum atomic E-state index is -0.903. The van der Waals surface area contributed by atoms with Crippen molar-refractivity contribution in [1.82, 2.24) is 10.6 Å². The third-order valence-corrected chi connectivity index (χ3v) is 4.69. The van der Waals surface area contributed by atoms with Gasteiger partial charge in [-0.25, -0.2) is 0 Å². The molecule has 7 nitrogen and oxygen atoms in total. The summed E-state index contributed by atoms with van der Waals surface area (Å²) in [7, 11) is 0. The van der Waals surface area contributed by atoms with Crippen molar-refractivity contribution in [3.63, 3.8) is 0 Å². The summed E-state index contributed by atoms with van der Waals surface area (Å²) in [5.41, 5.74) is 7.64.